The summed E-state index contributed by atoms with van der Waals surface area (Å²) in [6.45, 7) is 3.05. The minimum Gasteiger partial charge on any atom is -0.356 e. The van der Waals surface area contributed by atoms with Gasteiger partial charge in [-0.25, -0.2) is 0 Å². The Bertz CT molecular complexity index is 784. The molecule has 0 spiro atoms. The molecule has 6 heteroatoms. The van der Waals surface area contributed by atoms with Gasteiger partial charge >= 0.3 is 0 Å². The van der Waals surface area contributed by atoms with Crippen LogP contribution in [0, 0.1) is 0 Å². The summed E-state index contributed by atoms with van der Waals surface area (Å²) in [4.78, 5) is 6.95. The number of likely N-dealkylation sites (tertiary alicyclic amines) is 1. The van der Waals surface area contributed by atoms with Crippen molar-refractivity contribution in [2.24, 2.45) is 12.0 Å². The lowest BCUT2D eigenvalue weighted by Gasteiger charge is -2.28. The summed E-state index contributed by atoms with van der Waals surface area (Å²) >= 11 is 0. The van der Waals surface area contributed by atoms with Gasteiger partial charge in [0.15, 0.2) is 5.96 Å². The zero-order valence-corrected chi connectivity index (χ0v) is 18.6. The van der Waals surface area contributed by atoms with Crippen LogP contribution >= 0.6 is 24.0 Å². The molecular weight excluding hydrogens is 449 g/mol. The van der Waals surface area contributed by atoms with E-state index >= 15 is 0 Å². The molecule has 1 aromatic heterocycles. The number of nitrogens with one attached hydrogen (secondary N) is 1. The second-order valence-corrected chi connectivity index (χ2v) is 7.60. The zero-order chi connectivity index (χ0) is 17.9. The van der Waals surface area contributed by atoms with Gasteiger partial charge in [0.2, 0.25) is 0 Å². The predicted molar refractivity (Wildman–Crippen MR) is 121 cm³/mol. The second kappa shape index (κ2) is 9.08. The number of aryl methyl sites for hydroxylation is 2. The fraction of sp³-hybridized carbons (Fsp3) is 0.524. The van der Waals surface area contributed by atoms with Crippen LogP contribution in [0.25, 0.3) is 0 Å². The molecule has 1 aliphatic carbocycles. The van der Waals surface area contributed by atoms with Gasteiger partial charge < -0.3 is 10.2 Å². The third kappa shape index (κ3) is 4.47. The molecule has 2 atom stereocenters. The van der Waals surface area contributed by atoms with E-state index in [4.69, 9.17) is 0 Å². The quantitative estimate of drug-likeness (QED) is 0.417. The van der Waals surface area contributed by atoms with Crippen LogP contribution in [-0.2, 0) is 13.5 Å². The molecule has 5 nitrogen and oxygen atoms in total. The number of aliphatic imine (C=N–C) groups is 1. The second-order valence-electron chi connectivity index (χ2n) is 7.60. The van der Waals surface area contributed by atoms with Gasteiger partial charge in [0, 0.05) is 51.8 Å². The summed E-state index contributed by atoms with van der Waals surface area (Å²) < 4.78 is 1.89. The van der Waals surface area contributed by atoms with Crippen molar-refractivity contribution < 1.29 is 0 Å². The molecule has 2 aliphatic rings. The highest BCUT2D eigenvalue weighted by molar-refractivity contribution is 14.0. The van der Waals surface area contributed by atoms with Crippen LogP contribution in [-0.4, -0.2) is 47.3 Å². The molecule has 4 rings (SSSR count). The first-order chi connectivity index (χ1) is 12.7. The Balaban J connectivity index is 0.00000210. The molecular formula is C21H30IN5. The van der Waals surface area contributed by atoms with Gasteiger partial charge in [-0.1, -0.05) is 24.3 Å². The number of halogens is 1. The zero-order valence-electron chi connectivity index (χ0n) is 16.3. The Morgan fingerprint density at radius 3 is 2.93 bits per heavy atom. The SMILES string of the molecule is CN=C(NCC1CCCc2ccccc21)N1CCC(c2cnn(C)c2)C1.I. The molecule has 1 aromatic carbocycles. The van der Waals surface area contributed by atoms with Crippen LogP contribution in [0.15, 0.2) is 41.7 Å². The Labute approximate surface area is 179 Å². The lowest BCUT2D eigenvalue weighted by atomic mass is 9.83. The minimum absolute atomic E-state index is 0. The lowest BCUT2D eigenvalue weighted by Crippen LogP contribution is -2.42. The smallest absolute Gasteiger partial charge is 0.193 e. The topological polar surface area (TPSA) is 45.5 Å². The first-order valence-electron chi connectivity index (χ1n) is 9.76. The maximum atomic E-state index is 4.55. The van der Waals surface area contributed by atoms with Crippen molar-refractivity contribution in [3.63, 3.8) is 0 Å². The van der Waals surface area contributed by atoms with Crippen molar-refractivity contribution in [2.75, 3.05) is 26.7 Å². The molecule has 2 unspecified atom stereocenters. The van der Waals surface area contributed by atoms with Crippen LogP contribution in [0.3, 0.4) is 0 Å². The maximum absolute atomic E-state index is 4.55. The van der Waals surface area contributed by atoms with E-state index in [1.807, 2.05) is 25.0 Å². The van der Waals surface area contributed by atoms with Crippen molar-refractivity contribution in [3.8, 4) is 0 Å². The van der Waals surface area contributed by atoms with Crippen LogP contribution in [0.1, 0.15) is 47.8 Å². The maximum Gasteiger partial charge on any atom is 0.193 e. The van der Waals surface area contributed by atoms with E-state index in [9.17, 15) is 0 Å². The highest BCUT2D eigenvalue weighted by atomic mass is 127. The fourth-order valence-electron chi connectivity index (χ4n) is 4.49. The van der Waals surface area contributed by atoms with Gasteiger partial charge in [-0.3, -0.25) is 9.67 Å². The average Bonchev–Trinajstić information content (AvgIpc) is 3.32. The molecule has 1 saturated heterocycles. The largest absolute Gasteiger partial charge is 0.356 e. The Kier molecular flexibility index (Phi) is 6.78. The lowest BCUT2D eigenvalue weighted by molar-refractivity contribution is 0.470. The van der Waals surface area contributed by atoms with Gasteiger partial charge in [-0.05, 0) is 42.4 Å². The molecule has 0 saturated carbocycles. The number of fused-ring (bicyclic) bond motifs is 1. The van der Waals surface area contributed by atoms with E-state index in [1.165, 1.54) is 42.4 Å². The van der Waals surface area contributed by atoms with Gasteiger partial charge in [0.05, 0.1) is 6.20 Å². The third-order valence-corrected chi connectivity index (χ3v) is 5.90. The third-order valence-electron chi connectivity index (χ3n) is 5.90. The number of aromatic nitrogens is 2. The Hall–Kier alpha value is -1.57. The molecule has 0 amide bonds. The summed E-state index contributed by atoms with van der Waals surface area (Å²) in [5.41, 5.74) is 4.39. The number of guanidine groups is 1. The number of hydrogen-bond acceptors (Lipinski definition) is 2. The summed E-state index contributed by atoms with van der Waals surface area (Å²) in [7, 11) is 3.88. The molecule has 0 bridgehead atoms. The number of benzene rings is 1. The fourth-order valence-corrected chi connectivity index (χ4v) is 4.49. The highest BCUT2D eigenvalue weighted by Crippen LogP contribution is 2.31. The summed E-state index contributed by atoms with van der Waals surface area (Å²) in [6, 6.07) is 8.93. The molecule has 27 heavy (non-hydrogen) atoms. The monoisotopic (exact) mass is 479 g/mol. The molecule has 146 valence electrons. The Morgan fingerprint density at radius 1 is 1.30 bits per heavy atom. The normalized spacial score (nSPS) is 22.3. The van der Waals surface area contributed by atoms with Crippen molar-refractivity contribution >= 4 is 29.9 Å². The molecule has 1 aliphatic heterocycles. The Morgan fingerprint density at radius 2 is 2.15 bits per heavy atom. The number of nitrogens with zero attached hydrogens (tertiary/aromatic N) is 4. The molecule has 1 N–H and O–H groups in total. The van der Waals surface area contributed by atoms with E-state index in [-0.39, 0.29) is 24.0 Å². The van der Waals surface area contributed by atoms with Gasteiger partial charge in [-0.2, -0.15) is 5.10 Å². The average molecular weight is 479 g/mol. The van der Waals surface area contributed by atoms with Crippen LogP contribution in [0.5, 0.6) is 0 Å². The van der Waals surface area contributed by atoms with E-state index in [0.717, 1.165) is 25.6 Å². The van der Waals surface area contributed by atoms with Gasteiger partial charge in [0.25, 0.3) is 0 Å². The van der Waals surface area contributed by atoms with Crippen molar-refractivity contribution in [1.29, 1.82) is 0 Å². The van der Waals surface area contributed by atoms with E-state index in [0.29, 0.717) is 11.8 Å². The van der Waals surface area contributed by atoms with Crippen LogP contribution in [0.4, 0.5) is 0 Å². The number of rotatable bonds is 3. The standard InChI is InChI=1S/C21H29N5.HI/c1-22-21(26-11-10-18(15-26)19-13-24-25(2)14-19)23-12-17-8-5-7-16-6-3-4-9-20(16)17;/h3-4,6,9,13-14,17-18H,5,7-8,10-12,15H2,1-2H3,(H,22,23);1H. The first-order valence-corrected chi connectivity index (χ1v) is 9.76. The van der Waals surface area contributed by atoms with Crippen molar-refractivity contribution in [1.82, 2.24) is 20.0 Å². The number of hydrogen-bond donors (Lipinski definition) is 1. The molecule has 2 aromatic rings. The summed E-state index contributed by atoms with van der Waals surface area (Å²) in [6.07, 6.45) is 9.08. The predicted octanol–water partition coefficient (Wildman–Crippen LogP) is 3.52. The summed E-state index contributed by atoms with van der Waals surface area (Å²) in [5, 5.41) is 7.98. The van der Waals surface area contributed by atoms with Crippen LogP contribution in [0.2, 0.25) is 0 Å². The van der Waals surface area contributed by atoms with E-state index in [1.54, 1.807) is 0 Å². The van der Waals surface area contributed by atoms with E-state index in [2.05, 4.69) is 50.8 Å². The van der Waals surface area contributed by atoms with Crippen molar-refractivity contribution in [3.05, 3.63) is 53.3 Å². The van der Waals surface area contributed by atoms with E-state index < -0.39 is 0 Å². The summed E-state index contributed by atoms with van der Waals surface area (Å²) in [5.74, 6) is 2.19. The molecule has 1 fully saturated rings. The highest BCUT2D eigenvalue weighted by Gasteiger charge is 2.27. The first kappa shape index (κ1) is 20.2. The molecule has 2 heterocycles. The van der Waals surface area contributed by atoms with Gasteiger partial charge in [-0.15, -0.1) is 24.0 Å². The van der Waals surface area contributed by atoms with Crippen molar-refractivity contribution in [2.45, 2.75) is 37.5 Å². The van der Waals surface area contributed by atoms with Gasteiger partial charge in [0.1, 0.15) is 0 Å². The van der Waals surface area contributed by atoms with Crippen LogP contribution < -0.4 is 5.32 Å². The molecule has 0 radical (unpaired) electrons. The minimum atomic E-state index is 0.